The third kappa shape index (κ3) is 4.23. The van der Waals surface area contributed by atoms with Gasteiger partial charge in [0, 0.05) is 28.9 Å². The Balaban J connectivity index is 1.74. The van der Waals surface area contributed by atoms with Gasteiger partial charge in [-0.2, -0.15) is 0 Å². The summed E-state index contributed by atoms with van der Waals surface area (Å²) >= 11 is 8.41. The van der Waals surface area contributed by atoms with Gasteiger partial charge < -0.3 is 15.8 Å². The molecule has 1 aromatic rings. The molecule has 1 aliphatic rings. The molecule has 0 saturated heterocycles. The summed E-state index contributed by atoms with van der Waals surface area (Å²) in [5.41, 5.74) is 7.50. The molecule has 1 aromatic carbocycles. The second-order valence-electron chi connectivity index (χ2n) is 4.50. The van der Waals surface area contributed by atoms with Crippen molar-refractivity contribution in [2.24, 2.45) is 11.7 Å². The van der Waals surface area contributed by atoms with Gasteiger partial charge in [0.25, 0.3) is 0 Å². The van der Waals surface area contributed by atoms with Crippen molar-refractivity contribution in [2.45, 2.75) is 12.8 Å². The van der Waals surface area contributed by atoms with Crippen LogP contribution in [-0.2, 0) is 4.74 Å². The molecule has 98 valence electrons. The van der Waals surface area contributed by atoms with Crippen LogP contribution in [0.25, 0.3) is 0 Å². The van der Waals surface area contributed by atoms with E-state index in [1.807, 2.05) is 18.2 Å². The minimum atomic E-state index is 0.404. The Kier molecular flexibility index (Phi) is 4.97. The largest absolute Gasteiger partial charge is 0.389 e. The number of rotatable bonds is 7. The summed E-state index contributed by atoms with van der Waals surface area (Å²) in [6, 6.07) is 5.87. The smallest absolute Gasteiger partial charge is 0.105 e. The van der Waals surface area contributed by atoms with Crippen LogP contribution in [0, 0.1) is 5.92 Å². The zero-order chi connectivity index (χ0) is 13.0. The SMILES string of the molecule is NC(=S)c1ccc(NCCOCC2CC2)cc1Br. The first kappa shape index (κ1) is 13.8. The Labute approximate surface area is 121 Å². The van der Waals surface area contributed by atoms with E-state index in [1.165, 1.54) is 12.8 Å². The summed E-state index contributed by atoms with van der Waals surface area (Å²) < 4.78 is 6.47. The number of hydrogen-bond acceptors (Lipinski definition) is 3. The van der Waals surface area contributed by atoms with E-state index in [4.69, 9.17) is 22.7 Å². The van der Waals surface area contributed by atoms with Crippen LogP contribution in [0.3, 0.4) is 0 Å². The Hall–Kier alpha value is -0.650. The second-order valence-corrected chi connectivity index (χ2v) is 5.80. The van der Waals surface area contributed by atoms with Gasteiger partial charge in [-0.3, -0.25) is 0 Å². The van der Waals surface area contributed by atoms with E-state index in [0.717, 1.165) is 41.4 Å². The average molecular weight is 329 g/mol. The van der Waals surface area contributed by atoms with E-state index >= 15 is 0 Å². The third-order valence-electron chi connectivity index (χ3n) is 2.86. The maximum absolute atomic E-state index is 5.60. The maximum atomic E-state index is 5.60. The van der Waals surface area contributed by atoms with Crippen molar-refractivity contribution >= 4 is 38.8 Å². The highest BCUT2D eigenvalue weighted by atomic mass is 79.9. The quantitative estimate of drug-likeness (QED) is 0.596. The fourth-order valence-corrected chi connectivity index (χ4v) is 2.53. The van der Waals surface area contributed by atoms with Gasteiger partial charge in [-0.1, -0.05) is 12.2 Å². The van der Waals surface area contributed by atoms with Gasteiger partial charge >= 0.3 is 0 Å². The highest BCUT2D eigenvalue weighted by Crippen LogP contribution is 2.28. The van der Waals surface area contributed by atoms with Crippen molar-refractivity contribution in [1.29, 1.82) is 0 Å². The van der Waals surface area contributed by atoms with Crippen molar-refractivity contribution in [2.75, 3.05) is 25.1 Å². The number of nitrogens with one attached hydrogen (secondary N) is 1. The van der Waals surface area contributed by atoms with Crippen molar-refractivity contribution < 1.29 is 4.74 Å². The van der Waals surface area contributed by atoms with E-state index in [2.05, 4.69) is 21.2 Å². The van der Waals surface area contributed by atoms with Crippen LogP contribution in [0.5, 0.6) is 0 Å². The molecule has 0 atom stereocenters. The van der Waals surface area contributed by atoms with Crippen molar-refractivity contribution in [3.05, 3.63) is 28.2 Å². The Morgan fingerprint density at radius 1 is 1.50 bits per heavy atom. The summed E-state index contributed by atoms with van der Waals surface area (Å²) in [6.45, 7) is 2.46. The van der Waals surface area contributed by atoms with Crippen LogP contribution >= 0.6 is 28.1 Å². The zero-order valence-corrected chi connectivity index (χ0v) is 12.5. The summed E-state index contributed by atoms with van der Waals surface area (Å²) in [5.74, 6) is 0.823. The monoisotopic (exact) mass is 328 g/mol. The molecule has 1 saturated carbocycles. The molecule has 0 aromatic heterocycles. The van der Waals surface area contributed by atoms with Gasteiger partial charge in [0.05, 0.1) is 6.61 Å². The minimum Gasteiger partial charge on any atom is -0.389 e. The molecule has 2 rings (SSSR count). The lowest BCUT2D eigenvalue weighted by molar-refractivity contribution is 0.134. The molecular weight excluding hydrogens is 312 g/mol. The molecule has 0 amide bonds. The standard InChI is InChI=1S/C13H17BrN2OS/c14-12-7-10(3-4-11(12)13(15)18)16-5-6-17-8-9-1-2-9/h3-4,7,9,16H,1-2,5-6,8H2,(H2,15,18). The molecule has 1 aliphatic carbocycles. The summed E-state index contributed by atoms with van der Waals surface area (Å²) in [5, 5.41) is 3.31. The van der Waals surface area contributed by atoms with E-state index in [-0.39, 0.29) is 0 Å². The summed E-state index contributed by atoms with van der Waals surface area (Å²) in [7, 11) is 0. The van der Waals surface area contributed by atoms with E-state index < -0.39 is 0 Å². The molecule has 3 N–H and O–H groups in total. The van der Waals surface area contributed by atoms with Gasteiger partial charge in [-0.15, -0.1) is 0 Å². The van der Waals surface area contributed by atoms with Gasteiger partial charge in [0.1, 0.15) is 4.99 Å². The normalized spacial score (nSPS) is 14.5. The number of anilines is 1. The third-order valence-corrected chi connectivity index (χ3v) is 3.74. The molecular formula is C13H17BrN2OS. The van der Waals surface area contributed by atoms with Crippen LogP contribution in [0.1, 0.15) is 18.4 Å². The topological polar surface area (TPSA) is 47.3 Å². The van der Waals surface area contributed by atoms with E-state index in [9.17, 15) is 0 Å². The van der Waals surface area contributed by atoms with E-state index in [1.54, 1.807) is 0 Å². The first-order chi connectivity index (χ1) is 8.66. The Morgan fingerprint density at radius 2 is 2.28 bits per heavy atom. The molecule has 0 spiro atoms. The molecule has 0 aliphatic heterocycles. The van der Waals surface area contributed by atoms with Gasteiger partial charge in [0.2, 0.25) is 0 Å². The molecule has 0 heterocycles. The first-order valence-electron chi connectivity index (χ1n) is 6.08. The second kappa shape index (κ2) is 6.50. The molecule has 18 heavy (non-hydrogen) atoms. The highest BCUT2D eigenvalue weighted by Gasteiger charge is 2.20. The number of thiocarbonyl (C=S) groups is 1. The first-order valence-corrected chi connectivity index (χ1v) is 7.28. The molecule has 5 heteroatoms. The lowest BCUT2D eigenvalue weighted by atomic mass is 10.2. The molecule has 0 radical (unpaired) electrons. The fourth-order valence-electron chi connectivity index (χ4n) is 1.63. The average Bonchev–Trinajstić information content (AvgIpc) is 3.12. The summed E-state index contributed by atoms with van der Waals surface area (Å²) in [4.78, 5) is 0.404. The Bertz CT molecular complexity index is 435. The van der Waals surface area contributed by atoms with Gasteiger partial charge in [-0.25, -0.2) is 0 Å². The van der Waals surface area contributed by atoms with Gasteiger partial charge in [0.15, 0.2) is 0 Å². The van der Waals surface area contributed by atoms with Gasteiger partial charge in [-0.05, 0) is 52.9 Å². The van der Waals surface area contributed by atoms with Crippen LogP contribution in [0.15, 0.2) is 22.7 Å². The van der Waals surface area contributed by atoms with Crippen LogP contribution in [0.2, 0.25) is 0 Å². The number of benzene rings is 1. The molecule has 3 nitrogen and oxygen atoms in total. The lowest BCUT2D eigenvalue weighted by Crippen LogP contribution is -2.12. The number of hydrogen-bond donors (Lipinski definition) is 2. The molecule has 1 fully saturated rings. The molecule has 0 bridgehead atoms. The lowest BCUT2D eigenvalue weighted by Gasteiger charge is -2.09. The van der Waals surface area contributed by atoms with Crippen LogP contribution in [0.4, 0.5) is 5.69 Å². The molecule has 0 unspecified atom stereocenters. The predicted molar refractivity (Wildman–Crippen MR) is 82.1 cm³/mol. The Morgan fingerprint density at radius 3 is 2.89 bits per heavy atom. The minimum absolute atomic E-state index is 0.404. The highest BCUT2D eigenvalue weighted by molar-refractivity contribution is 9.10. The van der Waals surface area contributed by atoms with Crippen molar-refractivity contribution in [3.63, 3.8) is 0 Å². The zero-order valence-electron chi connectivity index (χ0n) is 10.1. The number of halogens is 1. The number of nitrogens with two attached hydrogens (primary N) is 1. The fraction of sp³-hybridized carbons (Fsp3) is 0.462. The van der Waals surface area contributed by atoms with E-state index in [0.29, 0.717) is 4.99 Å². The van der Waals surface area contributed by atoms with Crippen molar-refractivity contribution in [1.82, 2.24) is 0 Å². The maximum Gasteiger partial charge on any atom is 0.105 e. The van der Waals surface area contributed by atoms with Crippen LogP contribution in [-0.4, -0.2) is 24.7 Å². The predicted octanol–water partition coefficient (Wildman–Crippen LogP) is 2.92. The number of ether oxygens (including phenoxy) is 1. The summed E-state index contributed by atoms with van der Waals surface area (Å²) in [6.07, 6.45) is 2.67. The van der Waals surface area contributed by atoms with Crippen molar-refractivity contribution in [3.8, 4) is 0 Å². The van der Waals surface area contributed by atoms with Crippen LogP contribution < -0.4 is 11.1 Å².